The maximum atomic E-state index is 11.2. The predicted octanol–water partition coefficient (Wildman–Crippen LogP) is 5.74. The summed E-state index contributed by atoms with van der Waals surface area (Å²) in [6.07, 6.45) is 12.9. The Kier molecular flexibility index (Phi) is 6.04. The van der Waals surface area contributed by atoms with Crippen LogP contribution in [0.3, 0.4) is 0 Å². The molecule has 0 aromatic rings. The lowest BCUT2D eigenvalue weighted by Gasteiger charge is -2.61. The quantitative estimate of drug-likeness (QED) is 0.364. The molecule has 0 unspecified atom stereocenters. The largest absolute Gasteiger partial charge is 0.465 e. The Morgan fingerprint density at radius 1 is 1.03 bits per heavy atom. The summed E-state index contributed by atoms with van der Waals surface area (Å²) in [6, 6.07) is 0. The van der Waals surface area contributed by atoms with Gasteiger partial charge in [-0.3, -0.25) is 4.79 Å². The van der Waals surface area contributed by atoms with Crippen molar-refractivity contribution in [3.63, 3.8) is 0 Å². The minimum absolute atomic E-state index is 0.267. The molecular formula is C27H42O3. The molecule has 3 nitrogen and oxygen atoms in total. The number of hydrogen-bond acceptors (Lipinski definition) is 3. The first-order valence-electron chi connectivity index (χ1n) is 12.6. The van der Waals surface area contributed by atoms with Crippen LogP contribution in [0.5, 0.6) is 0 Å². The SMILES string of the molecule is CC[C@H]1CC[C@H]2[C@@H]3CC[C@@H]4C[C@@](O)(C#CCCOC(C)=O)CC[C@]4(C)[C@H]3CC[C@]12C. The van der Waals surface area contributed by atoms with Crippen LogP contribution in [0.25, 0.3) is 0 Å². The van der Waals surface area contributed by atoms with Gasteiger partial charge in [0.2, 0.25) is 0 Å². The molecule has 168 valence electrons. The summed E-state index contributed by atoms with van der Waals surface area (Å²) in [6.45, 7) is 9.31. The van der Waals surface area contributed by atoms with Crippen LogP contribution in [-0.4, -0.2) is 23.3 Å². The van der Waals surface area contributed by atoms with E-state index >= 15 is 0 Å². The lowest BCUT2D eigenvalue weighted by molar-refractivity contribution is -0.140. The number of fused-ring (bicyclic) bond motifs is 5. The van der Waals surface area contributed by atoms with Crippen LogP contribution < -0.4 is 0 Å². The summed E-state index contributed by atoms with van der Waals surface area (Å²) >= 11 is 0. The lowest BCUT2D eigenvalue weighted by atomic mass is 9.44. The number of hydrogen-bond donors (Lipinski definition) is 1. The molecule has 30 heavy (non-hydrogen) atoms. The van der Waals surface area contributed by atoms with Crippen LogP contribution in [0.4, 0.5) is 0 Å². The molecule has 0 aromatic carbocycles. The van der Waals surface area contributed by atoms with Gasteiger partial charge in [0, 0.05) is 13.3 Å². The van der Waals surface area contributed by atoms with Gasteiger partial charge in [0.25, 0.3) is 0 Å². The van der Waals surface area contributed by atoms with Crippen LogP contribution in [0.2, 0.25) is 0 Å². The summed E-state index contributed by atoms with van der Waals surface area (Å²) in [7, 11) is 0. The van der Waals surface area contributed by atoms with Crippen LogP contribution in [0, 0.1) is 52.3 Å². The zero-order chi connectivity index (χ0) is 21.6. The van der Waals surface area contributed by atoms with Crippen molar-refractivity contribution in [2.24, 2.45) is 40.4 Å². The number of carbonyl (C=O) groups is 1. The first kappa shape index (κ1) is 22.2. The minimum atomic E-state index is -0.850. The Bertz CT molecular complexity index is 719. The molecule has 4 aliphatic rings. The van der Waals surface area contributed by atoms with Crippen molar-refractivity contribution in [1.82, 2.24) is 0 Å². The third-order valence-corrected chi connectivity index (χ3v) is 10.3. The van der Waals surface area contributed by atoms with Crippen molar-refractivity contribution in [2.75, 3.05) is 6.61 Å². The second-order valence-corrected chi connectivity index (χ2v) is 11.5. The smallest absolute Gasteiger partial charge is 0.302 e. The average Bonchev–Trinajstić information content (AvgIpc) is 3.04. The third kappa shape index (κ3) is 3.72. The average molecular weight is 415 g/mol. The molecule has 1 N–H and O–H groups in total. The van der Waals surface area contributed by atoms with Gasteiger partial charge in [0.1, 0.15) is 12.2 Å². The zero-order valence-corrected chi connectivity index (χ0v) is 19.6. The van der Waals surface area contributed by atoms with E-state index < -0.39 is 5.60 Å². The van der Waals surface area contributed by atoms with Gasteiger partial charge in [0.15, 0.2) is 0 Å². The highest BCUT2D eigenvalue weighted by Gasteiger charge is 2.60. The van der Waals surface area contributed by atoms with Crippen molar-refractivity contribution in [1.29, 1.82) is 0 Å². The summed E-state index contributed by atoms with van der Waals surface area (Å²) in [4.78, 5) is 10.9. The second kappa shape index (κ2) is 8.16. The van der Waals surface area contributed by atoms with Gasteiger partial charge in [-0.2, -0.15) is 0 Å². The van der Waals surface area contributed by atoms with E-state index in [-0.39, 0.29) is 5.97 Å². The first-order valence-corrected chi connectivity index (χ1v) is 12.6. The van der Waals surface area contributed by atoms with E-state index in [2.05, 4.69) is 32.6 Å². The summed E-state index contributed by atoms with van der Waals surface area (Å²) in [5, 5.41) is 11.2. The fourth-order valence-electron chi connectivity index (χ4n) is 8.61. The Labute approximate surface area is 183 Å². The van der Waals surface area contributed by atoms with E-state index in [0.29, 0.717) is 29.8 Å². The summed E-state index contributed by atoms with van der Waals surface area (Å²) < 4.78 is 4.96. The highest BCUT2D eigenvalue weighted by Crippen LogP contribution is 2.68. The first-order chi connectivity index (χ1) is 14.2. The number of rotatable bonds is 3. The van der Waals surface area contributed by atoms with E-state index in [1.165, 1.54) is 51.9 Å². The van der Waals surface area contributed by atoms with E-state index in [1.807, 2.05) is 0 Å². The zero-order valence-electron chi connectivity index (χ0n) is 19.6. The van der Waals surface area contributed by atoms with E-state index in [4.69, 9.17) is 4.74 Å². The number of esters is 1. The Morgan fingerprint density at radius 2 is 1.80 bits per heavy atom. The molecule has 8 atom stereocenters. The molecule has 0 aromatic heterocycles. The molecule has 4 aliphatic carbocycles. The maximum Gasteiger partial charge on any atom is 0.302 e. The van der Waals surface area contributed by atoms with E-state index in [1.54, 1.807) is 0 Å². The Balaban J connectivity index is 1.44. The standard InChI is InChI=1S/C27H42O3/c1-5-20-9-11-23-22-10-8-21-18-27(29,13-6-7-17-30-19(2)28)16-15-26(21,4)24(22)12-14-25(20,23)3/h20-24,29H,5,7-12,14-18H2,1-4H3/t20-,21+,22-,23-,24-,25+,26-,27+/m0/s1. The third-order valence-electron chi connectivity index (χ3n) is 10.3. The van der Waals surface area contributed by atoms with Crippen molar-refractivity contribution in [3.8, 4) is 11.8 Å². The molecule has 4 rings (SSSR count). The van der Waals surface area contributed by atoms with E-state index in [0.717, 1.165) is 42.9 Å². The van der Waals surface area contributed by atoms with Gasteiger partial charge in [-0.1, -0.05) is 39.0 Å². The molecule has 0 heterocycles. The van der Waals surface area contributed by atoms with Gasteiger partial charge in [-0.15, -0.1) is 0 Å². The molecule has 0 radical (unpaired) electrons. The van der Waals surface area contributed by atoms with Gasteiger partial charge in [-0.25, -0.2) is 0 Å². The monoisotopic (exact) mass is 414 g/mol. The van der Waals surface area contributed by atoms with Crippen molar-refractivity contribution < 1.29 is 14.6 Å². The van der Waals surface area contributed by atoms with Gasteiger partial charge in [-0.05, 0) is 98.2 Å². The van der Waals surface area contributed by atoms with Crippen molar-refractivity contribution in [2.45, 2.75) is 104 Å². The van der Waals surface area contributed by atoms with Crippen molar-refractivity contribution in [3.05, 3.63) is 0 Å². The second-order valence-electron chi connectivity index (χ2n) is 11.5. The van der Waals surface area contributed by atoms with Gasteiger partial charge < -0.3 is 9.84 Å². The molecule has 0 saturated heterocycles. The molecule has 4 saturated carbocycles. The highest BCUT2D eigenvalue weighted by molar-refractivity contribution is 5.65. The maximum absolute atomic E-state index is 11.2. The Morgan fingerprint density at radius 3 is 2.53 bits per heavy atom. The summed E-state index contributed by atoms with van der Waals surface area (Å²) in [5.41, 5.74) is 0.110. The summed E-state index contributed by atoms with van der Waals surface area (Å²) in [5.74, 6) is 10.2. The molecule has 4 fully saturated rings. The highest BCUT2D eigenvalue weighted by atomic mass is 16.5. The fourth-order valence-corrected chi connectivity index (χ4v) is 8.61. The molecule has 0 spiro atoms. The number of aliphatic hydroxyl groups is 1. The number of carbonyl (C=O) groups excluding carboxylic acids is 1. The predicted molar refractivity (Wildman–Crippen MR) is 119 cm³/mol. The van der Waals surface area contributed by atoms with Crippen molar-refractivity contribution >= 4 is 5.97 Å². The lowest BCUT2D eigenvalue weighted by Crippen LogP contribution is -2.55. The molecule has 0 bridgehead atoms. The Hall–Kier alpha value is -1.01. The normalized spacial score (nSPS) is 47.3. The number of ether oxygens (including phenoxy) is 1. The molecule has 0 amide bonds. The van der Waals surface area contributed by atoms with Crippen LogP contribution in [0.15, 0.2) is 0 Å². The van der Waals surface area contributed by atoms with Crippen LogP contribution in [-0.2, 0) is 9.53 Å². The van der Waals surface area contributed by atoms with E-state index in [9.17, 15) is 9.90 Å². The fraction of sp³-hybridized carbons (Fsp3) is 0.889. The van der Waals surface area contributed by atoms with Crippen LogP contribution >= 0.6 is 0 Å². The van der Waals surface area contributed by atoms with Crippen LogP contribution in [0.1, 0.15) is 98.3 Å². The minimum Gasteiger partial charge on any atom is -0.465 e. The van der Waals surface area contributed by atoms with Gasteiger partial charge >= 0.3 is 5.97 Å². The topological polar surface area (TPSA) is 46.5 Å². The molecule has 3 heteroatoms. The molecular weight excluding hydrogens is 372 g/mol. The van der Waals surface area contributed by atoms with Gasteiger partial charge in [0.05, 0.1) is 0 Å². The molecule has 0 aliphatic heterocycles.